The van der Waals surface area contributed by atoms with Crippen molar-refractivity contribution in [1.29, 1.82) is 0 Å². The summed E-state index contributed by atoms with van der Waals surface area (Å²) in [7, 11) is 0. The summed E-state index contributed by atoms with van der Waals surface area (Å²) in [6.45, 7) is 5.58. The molecular weight excluding hydrogens is 506 g/mol. The monoisotopic (exact) mass is 539 g/mol. The molecule has 2 atom stereocenters. The fourth-order valence-electron chi connectivity index (χ4n) is 4.77. The van der Waals surface area contributed by atoms with Gasteiger partial charge in [-0.25, -0.2) is 14.2 Å². The molecule has 208 valence electrons. The highest BCUT2D eigenvalue weighted by Crippen LogP contribution is 2.35. The number of nitrogens with zero attached hydrogens (tertiary/aromatic N) is 3. The number of ether oxygens (including phenoxy) is 1. The van der Waals surface area contributed by atoms with Gasteiger partial charge in [0.15, 0.2) is 11.6 Å². The third-order valence-electron chi connectivity index (χ3n) is 6.79. The highest BCUT2D eigenvalue weighted by atomic mass is 19.4. The number of likely N-dealkylation sites (tertiary alicyclic amines) is 1. The normalized spacial score (nSPS) is 19.0. The van der Waals surface area contributed by atoms with E-state index in [9.17, 15) is 23.1 Å². The van der Waals surface area contributed by atoms with Crippen LogP contribution in [0, 0.1) is 18.7 Å². The van der Waals surface area contributed by atoms with Gasteiger partial charge in [0.1, 0.15) is 5.82 Å². The molecule has 2 saturated heterocycles. The Labute approximate surface area is 219 Å². The van der Waals surface area contributed by atoms with Crippen LogP contribution in [0.3, 0.4) is 0 Å². The highest BCUT2D eigenvalue weighted by molar-refractivity contribution is 5.91. The van der Waals surface area contributed by atoms with E-state index >= 15 is 4.39 Å². The molecule has 0 radical (unpaired) electrons. The molecule has 2 aliphatic heterocycles. The molecule has 2 fully saturated rings. The molecular formula is C26H33F4N5O3. The lowest BCUT2D eigenvalue weighted by molar-refractivity contribution is -0.143. The van der Waals surface area contributed by atoms with Gasteiger partial charge in [-0.3, -0.25) is 0 Å². The van der Waals surface area contributed by atoms with Gasteiger partial charge in [0.2, 0.25) is 0 Å². The molecule has 8 nitrogen and oxygen atoms in total. The largest absolute Gasteiger partial charge is 0.394 e. The van der Waals surface area contributed by atoms with Crippen LogP contribution >= 0.6 is 0 Å². The van der Waals surface area contributed by atoms with Crippen LogP contribution in [-0.4, -0.2) is 79.2 Å². The summed E-state index contributed by atoms with van der Waals surface area (Å²) in [5, 5.41) is 15.3. The second-order valence-corrected chi connectivity index (χ2v) is 9.90. The first-order valence-electron chi connectivity index (χ1n) is 12.7. The summed E-state index contributed by atoms with van der Waals surface area (Å²) in [4.78, 5) is 20.4. The number of anilines is 3. The molecule has 2 amide bonds. The van der Waals surface area contributed by atoms with Crippen LogP contribution in [0.15, 0.2) is 24.3 Å². The minimum Gasteiger partial charge on any atom is -0.394 e. The molecule has 1 aromatic heterocycles. The van der Waals surface area contributed by atoms with Crippen molar-refractivity contribution >= 4 is 23.4 Å². The molecule has 0 saturated carbocycles. The topological polar surface area (TPSA) is 90.0 Å². The molecule has 2 aliphatic rings. The molecule has 1 unspecified atom stereocenters. The second kappa shape index (κ2) is 11.7. The molecule has 0 bridgehead atoms. The number of aliphatic hydroxyl groups excluding tert-OH is 1. The maximum atomic E-state index is 15.9. The number of alkyl halides is 3. The van der Waals surface area contributed by atoms with E-state index in [4.69, 9.17) is 4.74 Å². The molecule has 0 aliphatic carbocycles. The Morgan fingerprint density at radius 2 is 1.95 bits per heavy atom. The number of carbonyl (C=O) groups is 1. The highest BCUT2D eigenvalue weighted by Gasteiger charge is 2.36. The van der Waals surface area contributed by atoms with Gasteiger partial charge in [-0.2, -0.15) is 13.2 Å². The van der Waals surface area contributed by atoms with Crippen molar-refractivity contribution in [2.75, 3.05) is 61.5 Å². The zero-order valence-electron chi connectivity index (χ0n) is 21.4. The first-order chi connectivity index (χ1) is 18.0. The Morgan fingerprint density at radius 1 is 1.21 bits per heavy atom. The van der Waals surface area contributed by atoms with Gasteiger partial charge in [0.25, 0.3) is 0 Å². The summed E-state index contributed by atoms with van der Waals surface area (Å²) in [6, 6.07) is 5.84. The van der Waals surface area contributed by atoms with Gasteiger partial charge in [-0.05, 0) is 55.5 Å². The maximum Gasteiger partial charge on any atom is 0.389 e. The number of benzene rings is 1. The fourth-order valence-corrected chi connectivity index (χ4v) is 4.77. The van der Waals surface area contributed by atoms with Crippen LogP contribution in [0.1, 0.15) is 25.3 Å². The second-order valence-electron chi connectivity index (χ2n) is 9.90. The summed E-state index contributed by atoms with van der Waals surface area (Å²) >= 11 is 0. The third-order valence-corrected chi connectivity index (χ3v) is 6.79. The first-order valence-corrected chi connectivity index (χ1v) is 12.7. The van der Waals surface area contributed by atoms with Crippen molar-refractivity contribution in [3.05, 3.63) is 35.6 Å². The van der Waals surface area contributed by atoms with Crippen LogP contribution < -0.4 is 15.5 Å². The Morgan fingerprint density at radius 3 is 2.63 bits per heavy atom. The van der Waals surface area contributed by atoms with Crippen molar-refractivity contribution in [3.63, 3.8) is 0 Å². The van der Waals surface area contributed by atoms with Crippen LogP contribution in [0.5, 0.6) is 0 Å². The third kappa shape index (κ3) is 6.84. The minimum atomic E-state index is -4.26. The summed E-state index contributed by atoms with van der Waals surface area (Å²) in [6.07, 6.45) is -4.88. The zero-order valence-corrected chi connectivity index (χ0v) is 21.4. The van der Waals surface area contributed by atoms with Crippen molar-refractivity contribution in [3.8, 4) is 11.1 Å². The average Bonchev–Trinajstić information content (AvgIpc) is 3.33. The van der Waals surface area contributed by atoms with Crippen LogP contribution in [0.2, 0.25) is 0 Å². The number of carbonyl (C=O) groups excluding carboxylic acids is 1. The summed E-state index contributed by atoms with van der Waals surface area (Å²) in [5.74, 6) is -0.576. The number of hydrogen-bond acceptors (Lipinski definition) is 6. The molecule has 12 heteroatoms. The van der Waals surface area contributed by atoms with Gasteiger partial charge in [-0.1, -0.05) is 6.07 Å². The minimum absolute atomic E-state index is 0.0318. The number of rotatable bonds is 7. The van der Waals surface area contributed by atoms with Gasteiger partial charge in [-0.15, -0.1) is 0 Å². The molecule has 38 heavy (non-hydrogen) atoms. The van der Waals surface area contributed by atoms with Crippen molar-refractivity contribution in [1.82, 2.24) is 9.88 Å². The van der Waals surface area contributed by atoms with Gasteiger partial charge >= 0.3 is 12.2 Å². The number of morpholine rings is 1. The number of aliphatic hydroxyl groups is 1. The van der Waals surface area contributed by atoms with E-state index in [1.54, 1.807) is 31.2 Å². The number of halogens is 4. The molecule has 3 heterocycles. The number of amides is 2. The van der Waals surface area contributed by atoms with Crippen LogP contribution in [-0.2, 0) is 4.74 Å². The van der Waals surface area contributed by atoms with Gasteiger partial charge < -0.3 is 30.3 Å². The predicted molar refractivity (Wildman–Crippen MR) is 137 cm³/mol. The number of pyridine rings is 1. The van der Waals surface area contributed by atoms with E-state index in [2.05, 4.69) is 15.6 Å². The number of aromatic nitrogens is 1. The van der Waals surface area contributed by atoms with Crippen molar-refractivity contribution in [2.24, 2.45) is 5.92 Å². The quantitative estimate of drug-likeness (QED) is 0.445. The number of urea groups is 1. The molecule has 1 aromatic carbocycles. The van der Waals surface area contributed by atoms with E-state index in [1.807, 2.05) is 11.8 Å². The molecule has 3 N–H and O–H groups in total. The van der Waals surface area contributed by atoms with Gasteiger partial charge in [0.05, 0.1) is 19.8 Å². The summed E-state index contributed by atoms with van der Waals surface area (Å²) < 4.78 is 59.6. The summed E-state index contributed by atoms with van der Waals surface area (Å²) in [5.41, 5.74) is 1.97. The Bertz CT molecular complexity index is 1140. The van der Waals surface area contributed by atoms with Gasteiger partial charge in [0, 0.05) is 49.9 Å². The van der Waals surface area contributed by atoms with E-state index in [0.717, 1.165) is 5.56 Å². The van der Waals surface area contributed by atoms with E-state index in [1.165, 1.54) is 4.90 Å². The Kier molecular flexibility index (Phi) is 8.61. The number of nitrogens with one attached hydrogen (secondary N) is 2. The average molecular weight is 540 g/mol. The van der Waals surface area contributed by atoms with Crippen LogP contribution in [0.4, 0.5) is 39.7 Å². The zero-order chi connectivity index (χ0) is 27.4. The van der Waals surface area contributed by atoms with E-state index < -0.39 is 30.4 Å². The number of hydrogen-bond donors (Lipinski definition) is 3. The lowest BCUT2D eigenvalue weighted by Gasteiger charge is -2.29. The predicted octanol–water partition coefficient (Wildman–Crippen LogP) is 4.63. The molecule has 4 rings (SSSR count). The smallest absolute Gasteiger partial charge is 0.389 e. The first kappa shape index (κ1) is 27.9. The van der Waals surface area contributed by atoms with E-state index in [-0.39, 0.29) is 37.1 Å². The lowest BCUT2D eigenvalue weighted by Crippen LogP contribution is -2.37. The van der Waals surface area contributed by atoms with Crippen LogP contribution in [0.25, 0.3) is 11.1 Å². The van der Waals surface area contributed by atoms with Crippen molar-refractivity contribution in [2.45, 2.75) is 38.9 Å². The lowest BCUT2D eigenvalue weighted by atomic mass is 9.99. The molecule has 0 spiro atoms. The Balaban J connectivity index is 1.60. The van der Waals surface area contributed by atoms with Crippen molar-refractivity contribution < 1.29 is 32.2 Å². The standard InChI is InChI=1S/C26H33F4N5O3/c1-16-3-4-19(32-25(37)35-6-5-18(14-35)13-26(28,29)30)11-20(16)21-12-22(31-17(2)15-36)33-24(23(21)27)34-7-9-38-10-8-34/h3-4,11-12,17-18,36H,5-10,13-15H2,1-2H3,(H,31,33)(H,32,37)/t17?,18-/m0/s1. The van der Waals surface area contributed by atoms with E-state index in [0.29, 0.717) is 49.8 Å². The number of aryl methyl sites for hydroxylation is 1. The SMILES string of the molecule is Cc1ccc(NC(=O)N2CC[C@@H](CC(F)(F)F)C2)cc1-c1cc(NC(C)CO)nc(N2CCOCC2)c1F. The Hall–Kier alpha value is -3.12. The molecule has 2 aromatic rings. The maximum absolute atomic E-state index is 15.9. The fraction of sp³-hybridized carbons (Fsp3) is 0.538.